The van der Waals surface area contributed by atoms with Crippen LogP contribution in [0.15, 0.2) is 0 Å². The molecule has 70 valence electrons. The van der Waals surface area contributed by atoms with Gasteiger partial charge in [0.05, 0.1) is 12.7 Å². The van der Waals surface area contributed by atoms with E-state index in [0.717, 1.165) is 19.3 Å². The molecule has 4 atom stereocenters. The van der Waals surface area contributed by atoms with Gasteiger partial charge in [-0.05, 0) is 18.8 Å². The lowest BCUT2D eigenvalue weighted by atomic mass is 9.79. The SMILES string of the molecule is CC12CCCC1C(CO)OC2O. The van der Waals surface area contributed by atoms with E-state index in [2.05, 4.69) is 6.92 Å². The van der Waals surface area contributed by atoms with Gasteiger partial charge in [-0.2, -0.15) is 0 Å². The average molecular weight is 172 g/mol. The fourth-order valence-electron chi connectivity index (χ4n) is 2.72. The smallest absolute Gasteiger partial charge is 0.160 e. The molecule has 12 heavy (non-hydrogen) atoms. The summed E-state index contributed by atoms with van der Waals surface area (Å²) in [7, 11) is 0. The Bertz CT molecular complexity index is 183. The van der Waals surface area contributed by atoms with Crippen molar-refractivity contribution in [3.05, 3.63) is 0 Å². The first kappa shape index (κ1) is 8.48. The molecular formula is C9H16O3. The Morgan fingerprint density at radius 2 is 2.33 bits per heavy atom. The van der Waals surface area contributed by atoms with E-state index in [-0.39, 0.29) is 18.1 Å². The van der Waals surface area contributed by atoms with E-state index in [1.807, 2.05) is 0 Å². The molecular weight excluding hydrogens is 156 g/mol. The van der Waals surface area contributed by atoms with Crippen LogP contribution in [0.4, 0.5) is 0 Å². The first-order valence-electron chi connectivity index (χ1n) is 4.63. The summed E-state index contributed by atoms with van der Waals surface area (Å²) in [5.74, 6) is 0.359. The van der Waals surface area contributed by atoms with Crippen LogP contribution in [0.1, 0.15) is 26.2 Å². The Hall–Kier alpha value is -0.120. The second-order valence-electron chi connectivity index (χ2n) is 4.21. The van der Waals surface area contributed by atoms with E-state index in [4.69, 9.17) is 9.84 Å². The number of hydrogen-bond acceptors (Lipinski definition) is 3. The number of hydrogen-bond donors (Lipinski definition) is 2. The Balaban J connectivity index is 2.20. The topological polar surface area (TPSA) is 49.7 Å². The molecule has 0 aromatic carbocycles. The first-order valence-corrected chi connectivity index (χ1v) is 4.63. The monoisotopic (exact) mass is 172 g/mol. The van der Waals surface area contributed by atoms with Gasteiger partial charge in [-0.1, -0.05) is 13.3 Å². The van der Waals surface area contributed by atoms with Crippen molar-refractivity contribution in [1.82, 2.24) is 0 Å². The van der Waals surface area contributed by atoms with Crippen LogP contribution in [-0.4, -0.2) is 29.2 Å². The van der Waals surface area contributed by atoms with Gasteiger partial charge in [0.15, 0.2) is 6.29 Å². The van der Waals surface area contributed by atoms with Crippen LogP contribution in [0.25, 0.3) is 0 Å². The van der Waals surface area contributed by atoms with Gasteiger partial charge < -0.3 is 14.9 Å². The lowest BCUT2D eigenvalue weighted by Gasteiger charge is -2.25. The Labute approximate surface area is 72.3 Å². The van der Waals surface area contributed by atoms with Crippen molar-refractivity contribution >= 4 is 0 Å². The van der Waals surface area contributed by atoms with Crippen LogP contribution in [-0.2, 0) is 4.74 Å². The molecule has 4 unspecified atom stereocenters. The number of rotatable bonds is 1. The van der Waals surface area contributed by atoms with Crippen molar-refractivity contribution < 1.29 is 14.9 Å². The first-order chi connectivity index (χ1) is 5.68. The molecule has 0 amide bonds. The summed E-state index contributed by atoms with van der Waals surface area (Å²) >= 11 is 0. The highest BCUT2D eigenvalue weighted by Gasteiger charge is 2.54. The Kier molecular flexibility index (Phi) is 1.90. The zero-order valence-corrected chi connectivity index (χ0v) is 7.36. The van der Waals surface area contributed by atoms with Crippen molar-refractivity contribution in [3.8, 4) is 0 Å². The Morgan fingerprint density at radius 1 is 1.58 bits per heavy atom. The van der Waals surface area contributed by atoms with Crippen molar-refractivity contribution in [2.24, 2.45) is 11.3 Å². The lowest BCUT2D eigenvalue weighted by Crippen LogP contribution is -2.29. The van der Waals surface area contributed by atoms with E-state index < -0.39 is 6.29 Å². The summed E-state index contributed by atoms with van der Waals surface area (Å²) in [5.41, 5.74) is -0.0899. The van der Waals surface area contributed by atoms with Crippen molar-refractivity contribution in [1.29, 1.82) is 0 Å². The lowest BCUT2D eigenvalue weighted by molar-refractivity contribution is -0.138. The summed E-state index contributed by atoms with van der Waals surface area (Å²) in [6, 6.07) is 0. The molecule has 1 aliphatic heterocycles. The van der Waals surface area contributed by atoms with Crippen molar-refractivity contribution in [3.63, 3.8) is 0 Å². The molecule has 0 spiro atoms. The molecule has 0 aromatic heterocycles. The van der Waals surface area contributed by atoms with E-state index in [1.54, 1.807) is 0 Å². The molecule has 3 nitrogen and oxygen atoms in total. The summed E-state index contributed by atoms with van der Waals surface area (Å²) in [6.07, 6.45) is 2.46. The molecule has 0 radical (unpaired) electrons. The molecule has 0 aromatic rings. The summed E-state index contributed by atoms with van der Waals surface area (Å²) in [4.78, 5) is 0. The maximum Gasteiger partial charge on any atom is 0.160 e. The minimum absolute atomic E-state index is 0.0390. The molecule has 3 heteroatoms. The fourth-order valence-corrected chi connectivity index (χ4v) is 2.72. The second-order valence-corrected chi connectivity index (χ2v) is 4.21. The van der Waals surface area contributed by atoms with E-state index in [0.29, 0.717) is 5.92 Å². The zero-order chi connectivity index (χ0) is 8.77. The molecule has 2 N–H and O–H groups in total. The molecule has 2 aliphatic rings. The summed E-state index contributed by atoms with van der Waals surface area (Å²) < 4.78 is 5.29. The number of fused-ring (bicyclic) bond motifs is 1. The van der Waals surface area contributed by atoms with Gasteiger partial charge in [0.1, 0.15) is 0 Å². The van der Waals surface area contributed by atoms with Gasteiger partial charge in [0.2, 0.25) is 0 Å². The van der Waals surface area contributed by atoms with Crippen LogP contribution < -0.4 is 0 Å². The maximum atomic E-state index is 9.63. The average Bonchev–Trinajstić information content (AvgIpc) is 2.51. The van der Waals surface area contributed by atoms with Crippen molar-refractivity contribution in [2.75, 3.05) is 6.61 Å². The van der Waals surface area contributed by atoms with Gasteiger partial charge in [0.25, 0.3) is 0 Å². The highest BCUT2D eigenvalue weighted by Crippen LogP contribution is 2.53. The van der Waals surface area contributed by atoms with Crippen LogP contribution >= 0.6 is 0 Å². The predicted molar refractivity (Wildman–Crippen MR) is 43.4 cm³/mol. The quantitative estimate of drug-likeness (QED) is 0.605. The van der Waals surface area contributed by atoms with Crippen molar-refractivity contribution in [2.45, 2.75) is 38.6 Å². The number of ether oxygens (including phenoxy) is 1. The fraction of sp³-hybridized carbons (Fsp3) is 1.00. The molecule has 2 rings (SSSR count). The molecule has 1 aliphatic carbocycles. The van der Waals surface area contributed by atoms with E-state index >= 15 is 0 Å². The minimum atomic E-state index is -0.665. The van der Waals surface area contributed by atoms with Gasteiger partial charge in [-0.25, -0.2) is 0 Å². The van der Waals surface area contributed by atoms with Crippen LogP contribution in [0.2, 0.25) is 0 Å². The second kappa shape index (κ2) is 2.69. The highest BCUT2D eigenvalue weighted by atomic mass is 16.6. The molecule has 1 saturated heterocycles. The normalized spacial score (nSPS) is 52.8. The molecule has 1 saturated carbocycles. The van der Waals surface area contributed by atoms with Crippen LogP contribution in [0, 0.1) is 11.3 Å². The number of aliphatic hydroxyl groups is 2. The van der Waals surface area contributed by atoms with Gasteiger partial charge in [-0.15, -0.1) is 0 Å². The molecule has 1 heterocycles. The van der Waals surface area contributed by atoms with E-state index in [1.165, 1.54) is 0 Å². The van der Waals surface area contributed by atoms with Gasteiger partial charge >= 0.3 is 0 Å². The zero-order valence-electron chi connectivity index (χ0n) is 7.36. The standard InChI is InChI=1S/C9H16O3/c1-9-4-2-3-6(9)7(5-10)12-8(9)11/h6-8,10-11H,2-5H2,1H3. The van der Waals surface area contributed by atoms with E-state index in [9.17, 15) is 5.11 Å². The summed E-state index contributed by atoms with van der Waals surface area (Å²) in [6.45, 7) is 2.10. The molecule has 2 fully saturated rings. The van der Waals surface area contributed by atoms with Crippen LogP contribution in [0.3, 0.4) is 0 Å². The third-order valence-electron chi connectivity index (χ3n) is 3.57. The largest absolute Gasteiger partial charge is 0.394 e. The summed E-state index contributed by atoms with van der Waals surface area (Å²) in [5, 5.41) is 18.6. The minimum Gasteiger partial charge on any atom is -0.394 e. The predicted octanol–water partition coefficient (Wildman–Crippen LogP) is 0.502. The maximum absolute atomic E-state index is 9.63. The third kappa shape index (κ3) is 0.934. The van der Waals surface area contributed by atoms with Crippen LogP contribution in [0.5, 0.6) is 0 Å². The number of aliphatic hydroxyl groups excluding tert-OH is 2. The third-order valence-corrected chi connectivity index (χ3v) is 3.57. The molecule has 0 bridgehead atoms. The highest BCUT2D eigenvalue weighted by molar-refractivity contribution is 4.99. The van der Waals surface area contributed by atoms with Gasteiger partial charge in [0, 0.05) is 5.41 Å². The Morgan fingerprint density at radius 3 is 3.00 bits per heavy atom. The van der Waals surface area contributed by atoms with Gasteiger partial charge in [-0.3, -0.25) is 0 Å².